The molecule has 126 valence electrons. The van der Waals surface area contributed by atoms with Crippen LogP contribution >= 0.6 is 11.6 Å². The van der Waals surface area contributed by atoms with Crippen LogP contribution in [0.3, 0.4) is 0 Å². The molecule has 0 bridgehead atoms. The topological polar surface area (TPSA) is 88.8 Å². The first kappa shape index (κ1) is 16.4. The molecule has 1 aliphatic heterocycles. The number of benzene rings is 1. The molecule has 0 saturated carbocycles. The number of anilines is 1. The van der Waals surface area contributed by atoms with Gasteiger partial charge in [0, 0.05) is 11.6 Å². The molecule has 1 aromatic carbocycles. The lowest BCUT2D eigenvalue weighted by Crippen LogP contribution is -2.16. The second-order valence-corrected chi connectivity index (χ2v) is 6.04. The Morgan fingerprint density at radius 1 is 1.38 bits per heavy atom. The molecule has 1 aliphatic rings. The third-order valence-electron chi connectivity index (χ3n) is 3.84. The van der Waals surface area contributed by atoms with Gasteiger partial charge in [0.25, 0.3) is 5.91 Å². The summed E-state index contributed by atoms with van der Waals surface area (Å²) < 4.78 is 10.7. The van der Waals surface area contributed by atoms with Crippen LogP contribution < -0.4 is 10.1 Å². The van der Waals surface area contributed by atoms with Gasteiger partial charge in [0.15, 0.2) is 0 Å². The van der Waals surface area contributed by atoms with Gasteiger partial charge in [-0.1, -0.05) is 11.6 Å². The van der Waals surface area contributed by atoms with Gasteiger partial charge in [-0.15, -0.1) is 0 Å². The van der Waals surface area contributed by atoms with Crippen LogP contribution in [-0.4, -0.2) is 23.6 Å². The van der Waals surface area contributed by atoms with E-state index in [2.05, 4.69) is 5.32 Å². The van der Waals surface area contributed by atoms with Crippen molar-refractivity contribution in [2.45, 2.75) is 26.2 Å². The largest absolute Gasteiger partial charge is 0.493 e. The highest BCUT2D eigenvalue weighted by Gasteiger charge is 2.22. The van der Waals surface area contributed by atoms with E-state index >= 15 is 0 Å². The monoisotopic (exact) mass is 349 g/mol. The van der Waals surface area contributed by atoms with Gasteiger partial charge in [-0.2, -0.15) is 0 Å². The first-order chi connectivity index (χ1) is 11.5. The molecular weight excluding hydrogens is 334 g/mol. The number of hydrogen-bond acceptors (Lipinski definition) is 4. The fraction of sp³-hybridized carbons (Fsp3) is 0.294. The molecule has 0 saturated heterocycles. The van der Waals surface area contributed by atoms with E-state index in [4.69, 9.17) is 25.9 Å². The van der Waals surface area contributed by atoms with E-state index in [1.807, 2.05) is 0 Å². The Bertz CT molecular complexity index is 812. The van der Waals surface area contributed by atoms with Crippen molar-refractivity contribution in [3.05, 3.63) is 45.9 Å². The average Bonchev–Trinajstić information content (AvgIpc) is 2.88. The van der Waals surface area contributed by atoms with Gasteiger partial charge in [0.2, 0.25) is 0 Å². The number of hydrogen-bond donors (Lipinski definition) is 2. The van der Waals surface area contributed by atoms with E-state index in [1.54, 1.807) is 19.1 Å². The SMILES string of the molecule is Cc1coc(CC(=O)O)c1C(=O)Nc1cc2c(cc1Cl)OCCC2. The fourth-order valence-corrected chi connectivity index (χ4v) is 2.93. The maximum atomic E-state index is 12.6. The van der Waals surface area contributed by atoms with Crippen LogP contribution in [0, 0.1) is 6.92 Å². The Hall–Kier alpha value is -2.47. The molecule has 7 heteroatoms. The van der Waals surface area contributed by atoms with Gasteiger partial charge in [-0.25, -0.2) is 0 Å². The molecule has 24 heavy (non-hydrogen) atoms. The minimum Gasteiger partial charge on any atom is -0.493 e. The summed E-state index contributed by atoms with van der Waals surface area (Å²) in [6.07, 6.45) is 2.77. The molecule has 0 fully saturated rings. The molecule has 2 heterocycles. The second-order valence-electron chi connectivity index (χ2n) is 5.63. The zero-order chi connectivity index (χ0) is 17.3. The predicted octanol–water partition coefficient (Wildman–Crippen LogP) is 3.45. The molecule has 1 aromatic heterocycles. The number of rotatable bonds is 4. The molecule has 1 amide bonds. The summed E-state index contributed by atoms with van der Waals surface area (Å²) in [6.45, 7) is 2.34. The van der Waals surface area contributed by atoms with Gasteiger partial charge in [-0.05, 0) is 31.4 Å². The number of carbonyl (C=O) groups excluding carboxylic acids is 1. The van der Waals surface area contributed by atoms with E-state index in [0.717, 1.165) is 24.2 Å². The van der Waals surface area contributed by atoms with Crippen LogP contribution in [-0.2, 0) is 17.6 Å². The molecule has 0 spiro atoms. The number of halogens is 1. The van der Waals surface area contributed by atoms with Crippen molar-refractivity contribution in [2.75, 3.05) is 11.9 Å². The summed E-state index contributed by atoms with van der Waals surface area (Å²) in [7, 11) is 0. The van der Waals surface area contributed by atoms with Gasteiger partial charge in [0.05, 0.1) is 29.1 Å². The molecule has 2 aromatic rings. The highest BCUT2D eigenvalue weighted by molar-refractivity contribution is 6.34. The lowest BCUT2D eigenvalue weighted by atomic mass is 10.0. The van der Waals surface area contributed by atoms with Crippen LogP contribution in [0.4, 0.5) is 5.69 Å². The number of fused-ring (bicyclic) bond motifs is 1. The first-order valence-electron chi connectivity index (χ1n) is 7.51. The van der Waals surface area contributed by atoms with Gasteiger partial charge in [-0.3, -0.25) is 9.59 Å². The van der Waals surface area contributed by atoms with E-state index in [0.29, 0.717) is 22.9 Å². The number of aliphatic carboxylic acids is 1. The van der Waals surface area contributed by atoms with Crippen LogP contribution in [0.25, 0.3) is 0 Å². The highest BCUT2D eigenvalue weighted by Crippen LogP contribution is 2.34. The van der Waals surface area contributed by atoms with Gasteiger partial charge < -0.3 is 19.6 Å². The quantitative estimate of drug-likeness (QED) is 0.882. The zero-order valence-electron chi connectivity index (χ0n) is 13.0. The summed E-state index contributed by atoms with van der Waals surface area (Å²) in [5.41, 5.74) is 2.24. The molecule has 0 aliphatic carbocycles. The summed E-state index contributed by atoms with van der Waals surface area (Å²) in [4.78, 5) is 23.5. The van der Waals surface area contributed by atoms with Crippen LogP contribution in [0.1, 0.15) is 33.7 Å². The summed E-state index contributed by atoms with van der Waals surface area (Å²) >= 11 is 6.22. The first-order valence-corrected chi connectivity index (χ1v) is 7.89. The lowest BCUT2D eigenvalue weighted by Gasteiger charge is -2.19. The molecule has 3 rings (SSSR count). The number of carboxylic acid groups (broad SMARTS) is 1. The minimum atomic E-state index is -1.07. The number of nitrogens with one attached hydrogen (secondary N) is 1. The summed E-state index contributed by atoms with van der Waals surface area (Å²) in [5, 5.41) is 12.0. The molecule has 6 nitrogen and oxygen atoms in total. The summed E-state index contributed by atoms with van der Waals surface area (Å²) in [5.74, 6) is -0.663. The number of aryl methyl sites for hydroxylation is 2. The number of amides is 1. The third-order valence-corrected chi connectivity index (χ3v) is 4.15. The van der Waals surface area contributed by atoms with Crippen LogP contribution in [0.5, 0.6) is 5.75 Å². The Labute approximate surface area is 143 Å². The predicted molar refractivity (Wildman–Crippen MR) is 88.0 cm³/mol. The van der Waals surface area contributed by atoms with Gasteiger partial charge in [0.1, 0.15) is 17.9 Å². The van der Waals surface area contributed by atoms with Crippen molar-refractivity contribution in [1.82, 2.24) is 0 Å². The van der Waals surface area contributed by atoms with Crippen LogP contribution in [0.2, 0.25) is 5.02 Å². The number of carboxylic acids is 1. The number of ether oxygens (including phenoxy) is 1. The van der Waals surface area contributed by atoms with Crippen molar-refractivity contribution >= 4 is 29.2 Å². The Balaban J connectivity index is 1.88. The molecular formula is C17H16ClNO5. The van der Waals surface area contributed by atoms with Crippen molar-refractivity contribution < 1.29 is 23.8 Å². The van der Waals surface area contributed by atoms with Crippen molar-refractivity contribution in [2.24, 2.45) is 0 Å². The third kappa shape index (κ3) is 3.23. The highest BCUT2D eigenvalue weighted by atomic mass is 35.5. The fourth-order valence-electron chi connectivity index (χ4n) is 2.73. The number of furan rings is 1. The molecule has 0 radical (unpaired) electrons. The van der Waals surface area contributed by atoms with Crippen molar-refractivity contribution in [3.8, 4) is 5.75 Å². The van der Waals surface area contributed by atoms with Crippen LogP contribution in [0.15, 0.2) is 22.8 Å². The van der Waals surface area contributed by atoms with Crippen molar-refractivity contribution in [3.63, 3.8) is 0 Å². The molecule has 0 atom stereocenters. The Morgan fingerprint density at radius 2 is 2.17 bits per heavy atom. The number of carbonyl (C=O) groups is 2. The minimum absolute atomic E-state index is 0.120. The molecule has 0 unspecified atom stereocenters. The zero-order valence-corrected chi connectivity index (χ0v) is 13.8. The normalized spacial score (nSPS) is 13.1. The smallest absolute Gasteiger partial charge is 0.311 e. The van der Waals surface area contributed by atoms with E-state index in [-0.39, 0.29) is 17.7 Å². The Kier molecular flexibility index (Phi) is 4.49. The maximum absolute atomic E-state index is 12.6. The van der Waals surface area contributed by atoms with E-state index < -0.39 is 11.9 Å². The Morgan fingerprint density at radius 3 is 2.92 bits per heavy atom. The maximum Gasteiger partial charge on any atom is 0.311 e. The lowest BCUT2D eigenvalue weighted by molar-refractivity contribution is -0.136. The molecule has 2 N–H and O–H groups in total. The second kappa shape index (κ2) is 6.57. The summed E-state index contributed by atoms with van der Waals surface area (Å²) in [6, 6.07) is 3.48. The van der Waals surface area contributed by atoms with Gasteiger partial charge >= 0.3 is 5.97 Å². The van der Waals surface area contributed by atoms with E-state index in [9.17, 15) is 9.59 Å². The van der Waals surface area contributed by atoms with Crippen molar-refractivity contribution in [1.29, 1.82) is 0 Å². The standard InChI is InChI=1S/C17H16ClNO5/c1-9-8-24-14(7-15(20)21)16(9)17(22)19-12-5-10-3-2-4-23-13(10)6-11(12)18/h5-6,8H,2-4,7H2,1H3,(H,19,22)(H,20,21). The van der Waals surface area contributed by atoms with E-state index in [1.165, 1.54) is 6.26 Å². The average molecular weight is 350 g/mol.